The number of nitrogens with zero attached hydrogens (tertiary/aromatic N) is 1. The lowest BCUT2D eigenvalue weighted by Gasteiger charge is -2.56. The van der Waals surface area contributed by atoms with E-state index in [1.54, 1.807) is 12.1 Å². The molecule has 1 aromatic carbocycles. The van der Waals surface area contributed by atoms with Gasteiger partial charge in [0.05, 0.1) is 5.41 Å². The van der Waals surface area contributed by atoms with Gasteiger partial charge in [-0.15, -0.1) is 0 Å². The maximum absolute atomic E-state index is 14.0. The fourth-order valence-electron chi connectivity index (χ4n) is 8.48. The first-order chi connectivity index (χ1) is 16.5. The fraction of sp³-hybridized carbons (Fsp3) is 0.714. The summed E-state index contributed by atoms with van der Waals surface area (Å²) in [5, 5.41) is 3.20. The lowest BCUT2D eigenvalue weighted by Crippen LogP contribution is -2.57. The average molecular weight is 469 g/mol. The van der Waals surface area contributed by atoms with Crippen molar-refractivity contribution in [1.29, 1.82) is 0 Å². The SMILES string of the molecule is O=C(NCC1(c2cccc(F)c2)CCOCC1)C1CCCN1C(=O)C12CC3CC(CC(C3)C1)C2. The fourth-order valence-corrected chi connectivity index (χ4v) is 8.48. The minimum absolute atomic E-state index is 0.0437. The van der Waals surface area contributed by atoms with Gasteiger partial charge >= 0.3 is 0 Å². The van der Waals surface area contributed by atoms with Crippen LogP contribution in [0.3, 0.4) is 0 Å². The predicted octanol–water partition coefficient (Wildman–Crippen LogP) is 4.20. The molecule has 0 aromatic heterocycles. The molecule has 2 heterocycles. The van der Waals surface area contributed by atoms with Crippen LogP contribution in [0, 0.1) is 29.0 Å². The molecule has 5 nitrogen and oxygen atoms in total. The second kappa shape index (κ2) is 8.61. The number of benzene rings is 1. The molecule has 4 aliphatic carbocycles. The summed E-state index contributed by atoms with van der Waals surface area (Å²) < 4.78 is 19.6. The number of ether oxygens (including phenoxy) is 1. The molecule has 6 heteroatoms. The Morgan fingerprint density at radius 1 is 1.06 bits per heavy atom. The lowest BCUT2D eigenvalue weighted by atomic mass is 9.49. The normalized spacial score (nSPS) is 36.0. The van der Waals surface area contributed by atoms with E-state index in [2.05, 4.69) is 5.32 Å². The van der Waals surface area contributed by atoms with E-state index in [-0.39, 0.29) is 34.5 Å². The molecule has 4 saturated carbocycles. The zero-order valence-electron chi connectivity index (χ0n) is 20.1. The molecule has 1 unspecified atom stereocenters. The molecule has 0 spiro atoms. The van der Waals surface area contributed by atoms with Gasteiger partial charge in [0.2, 0.25) is 11.8 Å². The maximum Gasteiger partial charge on any atom is 0.242 e. The second-order valence-electron chi connectivity index (χ2n) is 12.0. The van der Waals surface area contributed by atoms with Gasteiger partial charge in [0.25, 0.3) is 0 Å². The topological polar surface area (TPSA) is 58.6 Å². The van der Waals surface area contributed by atoms with Gasteiger partial charge in [-0.1, -0.05) is 12.1 Å². The van der Waals surface area contributed by atoms with Gasteiger partial charge in [-0.2, -0.15) is 0 Å². The van der Waals surface area contributed by atoms with Crippen LogP contribution in [0.4, 0.5) is 4.39 Å². The van der Waals surface area contributed by atoms with E-state index >= 15 is 0 Å². The van der Waals surface area contributed by atoms with Gasteiger partial charge in [0, 0.05) is 31.7 Å². The number of amides is 2. The molecule has 6 fully saturated rings. The summed E-state index contributed by atoms with van der Waals surface area (Å²) in [6.07, 6.45) is 10.1. The lowest BCUT2D eigenvalue weighted by molar-refractivity contribution is -0.160. The first kappa shape index (κ1) is 22.5. The summed E-state index contributed by atoms with van der Waals surface area (Å²) in [6, 6.07) is 6.38. The van der Waals surface area contributed by atoms with Crippen molar-refractivity contribution >= 4 is 11.8 Å². The van der Waals surface area contributed by atoms with Crippen LogP contribution in [0.1, 0.15) is 69.8 Å². The molecular formula is C28H37FN2O3. The summed E-state index contributed by atoms with van der Waals surface area (Å²) in [5.41, 5.74) is 0.383. The largest absolute Gasteiger partial charge is 0.381 e. The third-order valence-corrected chi connectivity index (χ3v) is 9.80. The molecule has 1 atom stereocenters. The Bertz CT molecular complexity index is 921. The molecule has 6 aliphatic rings. The Balaban J connectivity index is 1.16. The van der Waals surface area contributed by atoms with Crippen molar-refractivity contribution in [3.05, 3.63) is 35.6 Å². The number of hydrogen-bond donors (Lipinski definition) is 1. The van der Waals surface area contributed by atoms with Gasteiger partial charge in [-0.25, -0.2) is 4.39 Å². The van der Waals surface area contributed by atoms with Crippen molar-refractivity contribution in [1.82, 2.24) is 10.2 Å². The molecule has 7 rings (SSSR count). The molecule has 2 amide bonds. The quantitative estimate of drug-likeness (QED) is 0.705. The third-order valence-electron chi connectivity index (χ3n) is 9.80. The average Bonchev–Trinajstić information content (AvgIpc) is 3.32. The minimum Gasteiger partial charge on any atom is -0.381 e. The number of hydrogen-bond acceptors (Lipinski definition) is 3. The Kier molecular flexibility index (Phi) is 5.70. The van der Waals surface area contributed by atoms with Crippen LogP contribution in [0.25, 0.3) is 0 Å². The second-order valence-corrected chi connectivity index (χ2v) is 12.0. The highest BCUT2D eigenvalue weighted by Crippen LogP contribution is 2.60. The highest BCUT2D eigenvalue weighted by molar-refractivity contribution is 5.91. The number of likely N-dealkylation sites (tertiary alicyclic amines) is 1. The summed E-state index contributed by atoms with van der Waals surface area (Å²) in [7, 11) is 0. The maximum atomic E-state index is 14.0. The van der Waals surface area contributed by atoms with E-state index in [1.165, 1.54) is 25.3 Å². The van der Waals surface area contributed by atoms with Crippen LogP contribution >= 0.6 is 0 Å². The van der Waals surface area contributed by atoms with E-state index < -0.39 is 0 Å². The number of halogens is 1. The summed E-state index contributed by atoms with van der Waals surface area (Å²) in [4.78, 5) is 29.3. The molecule has 2 aliphatic heterocycles. The highest BCUT2D eigenvalue weighted by atomic mass is 19.1. The Morgan fingerprint density at radius 3 is 2.38 bits per heavy atom. The van der Waals surface area contributed by atoms with Crippen molar-refractivity contribution in [3.8, 4) is 0 Å². The smallest absolute Gasteiger partial charge is 0.242 e. The number of carbonyl (C=O) groups is 2. The summed E-state index contributed by atoms with van der Waals surface area (Å²) >= 11 is 0. The van der Waals surface area contributed by atoms with Crippen LogP contribution in [0.5, 0.6) is 0 Å². The van der Waals surface area contributed by atoms with Crippen molar-refractivity contribution in [3.63, 3.8) is 0 Å². The highest BCUT2D eigenvalue weighted by Gasteiger charge is 2.56. The first-order valence-electron chi connectivity index (χ1n) is 13.4. The van der Waals surface area contributed by atoms with E-state index in [0.717, 1.165) is 50.5 Å². The molecule has 0 radical (unpaired) electrons. The number of rotatable bonds is 5. The van der Waals surface area contributed by atoms with E-state index in [4.69, 9.17) is 4.74 Å². The number of nitrogens with one attached hydrogen (secondary N) is 1. The van der Waals surface area contributed by atoms with Crippen molar-refractivity contribution < 1.29 is 18.7 Å². The van der Waals surface area contributed by atoms with Gasteiger partial charge in [0.15, 0.2) is 0 Å². The van der Waals surface area contributed by atoms with Gasteiger partial charge < -0.3 is 15.0 Å². The van der Waals surface area contributed by atoms with Crippen LogP contribution in [0.2, 0.25) is 0 Å². The zero-order chi connectivity index (χ0) is 23.3. The van der Waals surface area contributed by atoms with E-state index in [9.17, 15) is 14.0 Å². The monoisotopic (exact) mass is 468 g/mol. The van der Waals surface area contributed by atoms with Crippen molar-refractivity contribution in [2.45, 2.75) is 75.7 Å². The van der Waals surface area contributed by atoms with Crippen LogP contribution in [-0.2, 0) is 19.7 Å². The minimum atomic E-state index is -0.370. The molecule has 184 valence electrons. The van der Waals surface area contributed by atoms with E-state index in [0.29, 0.717) is 44.1 Å². The molecular weight excluding hydrogens is 431 g/mol. The summed E-state index contributed by atoms with van der Waals surface area (Å²) in [6.45, 7) is 2.36. The Labute approximate surface area is 201 Å². The molecule has 1 aromatic rings. The van der Waals surface area contributed by atoms with Crippen molar-refractivity contribution in [2.24, 2.45) is 23.2 Å². The van der Waals surface area contributed by atoms with Crippen molar-refractivity contribution in [2.75, 3.05) is 26.3 Å². The molecule has 34 heavy (non-hydrogen) atoms. The third kappa shape index (κ3) is 3.86. The first-order valence-corrected chi connectivity index (χ1v) is 13.4. The van der Waals surface area contributed by atoms with Crippen LogP contribution in [0.15, 0.2) is 24.3 Å². The Hall–Kier alpha value is -1.95. The standard InChI is InChI=1S/C28H37FN2O3/c29-23-4-1-3-22(14-23)27(6-9-34-10-7-27)18-30-25(32)24-5-2-8-31(24)26(33)28-15-19-11-20(16-28)13-21(12-19)17-28/h1,3-4,14,19-21,24H,2,5-13,15-18H2,(H,30,32). The van der Waals surface area contributed by atoms with Gasteiger partial charge in [0.1, 0.15) is 11.9 Å². The molecule has 1 N–H and O–H groups in total. The molecule has 4 bridgehead atoms. The zero-order valence-corrected chi connectivity index (χ0v) is 20.1. The van der Waals surface area contributed by atoms with Gasteiger partial charge in [-0.3, -0.25) is 9.59 Å². The molecule has 2 saturated heterocycles. The van der Waals surface area contributed by atoms with E-state index in [1.807, 2.05) is 11.0 Å². The summed E-state index contributed by atoms with van der Waals surface area (Å²) in [5.74, 6) is 2.10. The van der Waals surface area contributed by atoms with Crippen LogP contribution < -0.4 is 5.32 Å². The number of carbonyl (C=O) groups excluding carboxylic acids is 2. The van der Waals surface area contributed by atoms with Crippen LogP contribution in [-0.4, -0.2) is 49.1 Å². The Morgan fingerprint density at radius 2 is 1.74 bits per heavy atom. The van der Waals surface area contributed by atoms with Gasteiger partial charge in [-0.05, 0) is 99.7 Å². The predicted molar refractivity (Wildman–Crippen MR) is 126 cm³/mol.